The summed E-state index contributed by atoms with van der Waals surface area (Å²) in [7, 11) is -3.26. The smallest absolute Gasteiger partial charge is 0.410 e. The van der Waals surface area contributed by atoms with Crippen LogP contribution in [-0.2, 0) is 32.4 Å². The minimum Gasteiger partial charge on any atom is -0.444 e. The number of morpholine rings is 1. The summed E-state index contributed by atoms with van der Waals surface area (Å²) in [6.45, 7) is 14.5. The molecule has 2 aliphatic heterocycles. The molecule has 2 amide bonds. The standard InChI is InChI=1S/C28H40N4O6S2/c1-7-40(35,36)21-10-8-19(9-11-21)14-29-25(33)26-30-23-22(39-26)17-32(24(23)18(2)3)16-20-15-31(12-13-37-20)27(34)38-28(4,5)6/h8-11,18,20,24H,7,12-17H2,1-6H3,(H,29,33). The zero-order chi connectivity index (χ0) is 29.2. The molecule has 0 aliphatic carbocycles. The summed E-state index contributed by atoms with van der Waals surface area (Å²) >= 11 is 1.40. The van der Waals surface area contributed by atoms with Gasteiger partial charge >= 0.3 is 6.09 Å². The van der Waals surface area contributed by atoms with Crippen molar-refractivity contribution >= 4 is 33.2 Å². The lowest BCUT2D eigenvalue weighted by molar-refractivity contribution is -0.0578. The molecule has 4 rings (SSSR count). The Morgan fingerprint density at radius 1 is 1.23 bits per heavy atom. The van der Waals surface area contributed by atoms with E-state index in [1.807, 2.05) is 20.8 Å². The van der Waals surface area contributed by atoms with E-state index in [1.54, 1.807) is 36.1 Å². The minimum absolute atomic E-state index is 0.0429. The highest BCUT2D eigenvalue weighted by Gasteiger charge is 2.39. The van der Waals surface area contributed by atoms with Crippen LogP contribution in [0.2, 0.25) is 0 Å². The number of carbonyl (C=O) groups excluding carboxylic acids is 2. The van der Waals surface area contributed by atoms with Crippen molar-refractivity contribution in [1.82, 2.24) is 20.1 Å². The fourth-order valence-electron chi connectivity index (χ4n) is 5.00. The van der Waals surface area contributed by atoms with Gasteiger partial charge in [0, 0.05) is 31.1 Å². The molecule has 0 bridgehead atoms. The Bertz CT molecular complexity index is 1320. The molecular weight excluding hydrogens is 552 g/mol. The van der Waals surface area contributed by atoms with Crippen molar-refractivity contribution in [3.63, 3.8) is 0 Å². The molecule has 40 heavy (non-hydrogen) atoms. The Hall–Kier alpha value is -2.54. The highest BCUT2D eigenvalue weighted by molar-refractivity contribution is 7.91. The fourth-order valence-corrected chi connectivity index (χ4v) is 6.93. The van der Waals surface area contributed by atoms with Crippen molar-refractivity contribution in [2.75, 3.05) is 32.0 Å². The average Bonchev–Trinajstić information content (AvgIpc) is 3.44. The number of hydrogen-bond acceptors (Lipinski definition) is 9. The fraction of sp³-hybridized carbons (Fsp3) is 0.607. The molecule has 1 saturated heterocycles. The molecule has 2 aromatic rings. The van der Waals surface area contributed by atoms with E-state index in [4.69, 9.17) is 14.5 Å². The largest absolute Gasteiger partial charge is 0.444 e. The van der Waals surface area contributed by atoms with Gasteiger partial charge in [-0.25, -0.2) is 18.2 Å². The van der Waals surface area contributed by atoms with E-state index < -0.39 is 15.4 Å². The number of hydrogen-bond donors (Lipinski definition) is 1. The number of nitrogens with zero attached hydrogens (tertiary/aromatic N) is 3. The van der Waals surface area contributed by atoms with Crippen molar-refractivity contribution in [1.29, 1.82) is 0 Å². The second-order valence-corrected chi connectivity index (χ2v) is 15.0. The molecule has 0 radical (unpaired) electrons. The van der Waals surface area contributed by atoms with Crippen LogP contribution in [0.3, 0.4) is 0 Å². The van der Waals surface area contributed by atoms with Crippen molar-refractivity contribution in [2.45, 2.75) is 77.3 Å². The van der Waals surface area contributed by atoms with E-state index in [0.717, 1.165) is 16.1 Å². The molecule has 0 saturated carbocycles. The Morgan fingerprint density at radius 2 is 1.93 bits per heavy atom. The van der Waals surface area contributed by atoms with Crippen LogP contribution in [0.1, 0.15) is 73.5 Å². The Balaban J connectivity index is 1.36. The summed E-state index contributed by atoms with van der Waals surface area (Å²) in [4.78, 5) is 35.7. The van der Waals surface area contributed by atoms with Crippen molar-refractivity contribution < 1.29 is 27.5 Å². The molecule has 220 valence electrons. The van der Waals surface area contributed by atoms with Gasteiger partial charge in [0.2, 0.25) is 0 Å². The van der Waals surface area contributed by atoms with Gasteiger partial charge in [0.25, 0.3) is 5.91 Å². The average molecular weight is 593 g/mol. The molecule has 2 unspecified atom stereocenters. The number of rotatable bonds is 8. The van der Waals surface area contributed by atoms with Crippen LogP contribution in [0.5, 0.6) is 0 Å². The molecule has 3 heterocycles. The summed E-state index contributed by atoms with van der Waals surface area (Å²) in [6, 6.07) is 6.62. The highest BCUT2D eigenvalue weighted by atomic mass is 32.2. The van der Waals surface area contributed by atoms with Gasteiger partial charge in [-0.2, -0.15) is 0 Å². The minimum atomic E-state index is -3.26. The number of aromatic nitrogens is 1. The first-order valence-corrected chi connectivity index (χ1v) is 16.2. The first-order chi connectivity index (χ1) is 18.8. The number of sulfone groups is 1. The third kappa shape index (κ3) is 7.20. The van der Waals surface area contributed by atoms with Gasteiger partial charge in [-0.05, 0) is 44.4 Å². The SMILES string of the molecule is CCS(=O)(=O)c1ccc(CNC(=O)c2nc3c(s2)CN(CC2CN(C(=O)OC(C)(C)C)CCO2)C3C(C)C)cc1. The second kappa shape index (κ2) is 12.1. The normalized spacial score (nSPS) is 20.0. The third-order valence-corrected chi connectivity index (χ3v) is 9.72. The molecule has 2 aliphatic rings. The molecule has 1 aromatic carbocycles. The van der Waals surface area contributed by atoms with E-state index in [1.165, 1.54) is 11.3 Å². The number of amides is 2. The number of fused-ring (bicyclic) bond motifs is 1. The molecule has 2 atom stereocenters. The van der Waals surface area contributed by atoms with Crippen LogP contribution in [-0.4, -0.2) is 78.9 Å². The lowest BCUT2D eigenvalue weighted by Crippen LogP contribution is -2.50. The highest BCUT2D eigenvalue weighted by Crippen LogP contribution is 2.41. The van der Waals surface area contributed by atoms with Gasteiger partial charge in [-0.3, -0.25) is 9.69 Å². The maximum atomic E-state index is 12.9. The third-order valence-electron chi connectivity index (χ3n) is 6.92. The summed E-state index contributed by atoms with van der Waals surface area (Å²) in [5.74, 6) is 0.0650. The Kier molecular flexibility index (Phi) is 9.23. The first kappa shape index (κ1) is 30.4. The van der Waals surface area contributed by atoms with E-state index in [0.29, 0.717) is 37.8 Å². The first-order valence-electron chi connectivity index (χ1n) is 13.7. The molecule has 1 N–H and O–H groups in total. The molecule has 1 fully saturated rings. The summed E-state index contributed by atoms with van der Waals surface area (Å²) < 4.78 is 35.6. The van der Waals surface area contributed by atoms with Crippen LogP contribution in [0.25, 0.3) is 0 Å². The van der Waals surface area contributed by atoms with E-state index in [9.17, 15) is 18.0 Å². The summed E-state index contributed by atoms with van der Waals surface area (Å²) in [5, 5.41) is 3.33. The molecule has 1 aromatic heterocycles. The Labute approximate surface area is 241 Å². The quantitative estimate of drug-likeness (QED) is 0.489. The summed E-state index contributed by atoms with van der Waals surface area (Å²) in [6.07, 6.45) is -0.459. The van der Waals surface area contributed by atoms with E-state index in [2.05, 4.69) is 24.1 Å². The number of benzene rings is 1. The van der Waals surface area contributed by atoms with Crippen molar-refractivity contribution in [2.24, 2.45) is 5.92 Å². The van der Waals surface area contributed by atoms with Crippen LogP contribution in [0.15, 0.2) is 29.2 Å². The maximum Gasteiger partial charge on any atom is 0.410 e. The summed E-state index contributed by atoms with van der Waals surface area (Å²) in [5.41, 5.74) is 1.19. The molecule has 12 heteroatoms. The van der Waals surface area contributed by atoms with Crippen LogP contribution >= 0.6 is 11.3 Å². The number of ether oxygens (including phenoxy) is 2. The molecule has 10 nitrogen and oxygen atoms in total. The van der Waals surface area contributed by atoms with E-state index in [-0.39, 0.29) is 47.3 Å². The predicted octanol–water partition coefficient (Wildman–Crippen LogP) is 4.02. The van der Waals surface area contributed by atoms with E-state index >= 15 is 0 Å². The van der Waals surface area contributed by atoms with Crippen molar-refractivity contribution in [3.05, 3.63) is 45.4 Å². The van der Waals surface area contributed by atoms with Gasteiger partial charge in [0.15, 0.2) is 14.8 Å². The number of thiazole rings is 1. The lowest BCUT2D eigenvalue weighted by atomic mass is 10.0. The Morgan fingerprint density at radius 3 is 2.55 bits per heavy atom. The monoisotopic (exact) mass is 592 g/mol. The topological polar surface area (TPSA) is 118 Å². The predicted molar refractivity (Wildman–Crippen MR) is 153 cm³/mol. The lowest BCUT2D eigenvalue weighted by Gasteiger charge is -2.37. The molecule has 0 spiro atoms. The maximum absolute atomic E-state index is 12.9. The number of carbonyl (C=O) groups is 2. The van der Waals surface area contributed by atoms with Gasteiger partial charge in [0.1, 0.15) is 5.60 Å². The zero-order valence-corrected chi connectivity index (χ0v) is 25.7. The van der Waals surface area contributed by atoms with Crippen molar-refractivity contribution in [3.8, 4) is 0 Å². The van der Waals surface area contributed by atoms with Gasteiger partial charge in [-0.15, -0.1) is 11.3 Å². The van der Waals surface area contributed by atoms with Gasteiger partial charge < -0.3 is 19.7 Å². The van der Waals surface area contributed by atoms with Gasteiger partial charge in [-0.1, -0.05) is 32.9 Å². The van der Waals surface area contributed by atoms with Gasteiger partial charge in [0.05, 0.1) is 41.6 Å². The molecular formula is C28H40N4O6S2. The van der Waals surface area contributed by atoms with Crippen LogP contribution in [0, 0.1) is 5.92 Å². The van der Waals surface area contributed by atoms with Crippen LogP contribution in [0.4, 0.5) is 4.79 Å². The van der Waals surface area contributed by atoms with Crippen LogP contribution < -0.4 is 5.32 Å². The zero-order valence-electron chi connectivity index (χ0n) is 24.1. The number of nitrogens with one attached hydrogen (secondary N) is 1. The second-order valence-electron chi connectivity index (χ2n) is 11.6.